The third-order valence-corrected chi connectivity index (χ3v) is 5.28. The quantitative estimate of drug-likeness (QED) is 0.492. The first-order chi connectivity index (χ1) is 13.6. The van der Waals surface area contributed by atoms with Gasteiger partial charge in [0.15, 0.2) is 5.82 Å². The van der Waals surface area contributed by atoms with E-state index in [0.29, 0.717) is 11.0 Å². The number of benzene rings is 2. The summed E-state index contributed by atoms with van der Waals surface area (Å²) in [6.07, 6.45) is 0. The number of hydrogen-bond donors (Lipinski definition) is 2. The van der Waals surface area contributed by atoms with Crippen molar-refractivity contribution in [1.82, 2.24) is 30.0 Å². The minimum absolute atomic E-state index is 0.0874. The molecule has 0 fully saturated rings. The minimum Gasteiger partial charge on any atom is -0.346 e. The van der Waals surface area contributed by atoms with E-state index in [4.69, 9.17) is 0 Å². The van der Waals surface area contributed by atoms with E-state index in [1.807, 2.05) is 73.1 Å². The van der Waals surface area contributed by atoms with E-state index in [9.17, 15) is 4.79 Å². The summed E-state index contributed by atoms with van der Waals surface area (Å²) in [5, 5.41) is 10.6. The average molecular weight is 392 g/mol. The molecular weight excluding hydrogens is 372 g/mol. The molecule has 0 bridgehead atoms. The monoisotopic (exact) mass is 392 g/mol. The molecule has 1 amide bonds. The topological polar surface area (TPSA) is 88.5 Å². The zero-order valence-electron chi connectivity index (χ0n) is 15.6. The molecule has 2 heterocycles. The van der Waals surface area contributed by atoms with Crippen LogP contribution in [0.5, 0.6) is 0 Å². The van der Waals surface area contributed by atoms with Crippen LogP contribution in [0.4, 0.5) is 0 Å². The summed E-state index contributed by atoms with van der Waals surface area (Å²) in [5.41, 5.74) is 2.92. The number of aryl methyl sites for hydroxylation is 1. The third kappa shape index (κ3) is 3.77. The van der Waals surface area contributed by atoms with Crippen molar-refractivity contribution in [3.63, 3.8) is 0 Å². The second-order valence-electron chi connectivity index (χ2n) is 6.43. The number of amides is 1. The average Bonchev–Trinajstić information content (AvgIpc) is 3.32. The van der Waals surface area contributed by atoms with E-state index in [1.165, 1.54) is 11.8 Å². The number of para-hydroxylation sites is 2. The molecule has 4 rings (SSSR count). The first-order valence-corrected chi connectivity index (χ1v) is 9.91. The second kappa shape index (κ2) is 7.85. The van der Waals surface area contributed by atoms with Gasteiger partial charge >= 0.3 is 0 Å². The molecule has 0 unspecified atom stereocenters. The third-order valence-electron chi connectivity index (χ3n) is 4.43. The maximum absolute atomic E-state index is 12.4. The predicted octanol–water partition coefficient (Wildman–Crippen LogP) is 3.33. The standard InChI is InChI=1S/C20H20N6OS/c1-13(19-22-15-10-6-7-11-16(15)26(19)2)21-17(27)12-28-20-23-18(24-25-20)14-8-4-3-5-9-14/h3-11,13H,12H2,1-2H3,(H,21,27)(H,23,24,25)/t13-/m1/s1. The van der Waals surface area contributed by atoms with Gasteiger partial charge in [-0.1, -0.05) is 54.2 Å². The Morgan fingerprint density at radius 3 is 2.68 bits per heavy atom. The van der Waals surface area contributed by atoms with Crippen molar-refractivity contribution in [3.8, 4) is 11.4 Å². The van der Waals surface area contributed by atoms with Gasteiger partial charge in [-0.2, -0.15) is 0 Å². The van der Waals surface area contributed by atoms with Gasteiger partial charge in [0.2, 0.25) is 11.1 Å². The van der Waals surface area contributed by atoms with Crippen molar-refractivity contribution in [2.45, 2.75) is 18.1 Å². The summed E-state index contributed by atoms with van der Waals surface area (Å²) in [7, 11) is 1.96. The number of nitrogens with zero attached hydrogens (tertiary/aromatic N) is 4. The van der Waals surface area contributed by atoms with Crippen molar-refractivity contribution in [3.05, 3.63) is 60.4 Å². The van der Waals surface area contributed by atoms with E-state index < -0.39 is 0 Å². The van der Waals surface area contributed by atoms with Crippen LogP contribution in [-0.2, 0) is 11.8 Å². The van der Waals surface area contributed by atoms with E-state index in [-0.39, 0.29) is 17.7 Å². The van der Waals surface area contributed by atoms with Crippen molar-refractivity contribution in [1.29, 1.82) is 0 Å². The fraction of sp³-hybridized carbons (Fsp3) is 0.200. The number of thioether (sulfide) groups is 1. The first kappa shape index (κ1) is 18.2. The van der Waals surface area contributed by atoms with E-state index in [1.54, 1.807) is 0 Å². The summed E-state index contributed by atoms with van der Waals surface area (Å²) in [4.78, 5) is 21.4. The van der Waals surface area contributed by atoms with Crippen LogP contribution in [0.15, 0.2) is 59.8 Å². The molecule has 0 saturated carbocycles. The lowest BCUT2D eigenvalue weighted by Gasteiger charge is -2.13. The summed E-state index contributed by atoms with van der Waals surface area (Å²) >= 11 is 1.30. The van der Waals surface area contributed by atoms with Gasteiger partial charge in [0, 0.05) is 12.6 Å². The van der Waals surface area contributed by atoms with Gasteiger partial charge < -0.3 is 9.88 Å². The van der Waals surface area contributed by atoms with Crippen molar-refractivity contribution >= 4 is 28.7 Å². The Kier molecular flexibility index (Phi) is 5.12. The lowest BCUT2D eigenvalue weighted by Crippen LogP contribution is -2.29. The van der Waals surface area contributed by atoms with Crippen LogP contribution in [0.3, 0.4) is 0 Å². The Balaban J connectivity index is 1.36. The van der Waals surface area contributed by atoms with Crippen molar-refractivity contribution < 1.29 is 4.79 Å². The molecule has 0 saturated heterocycles. The molecule has 2 aromatic heterocycles. The number of hydrogen-bond acceptors (Lipinski definition) is 5. The highest BCUT2D eigenvalue weighted by molar-refractivity contribution is 7.99. The molecule has 8 heteroatoms. The summed E-state index contributed by atoms with van der Waals surface area (Å²) in [5.74, 6) is 1.66. The molecule has 1 atom stereocenters. The number of H-pyrrole nitrogens is 1. The molecule has 7 nitrogen and oxygen atoms in total. The Morgan fingerprint density at radius 2 is 1.89 bits per heavy atom. The molecule has 2 aromatic carbocycles. The zero-order valence-corrected chi connectivity index (χ0v) is 16.4. The Labute approximate surface area is 166 Å². The van der Waals surface area contributed by atoms with Crippen LogP contribution in [0, 0.1) is 0 Å². The lowest BCUT2D eigenvalue weighted by molar-refractivity contribution is -0.119. The summed E-state index contributed by atoms with van der Waals surface area (Å²) in [6.45, 7) is 1.93. The molecule has 0 radical (unpaired) electrons. The molecule has 0 spiro atoms. The normalized spacial score (nSPS) is 12.2. The van der Waals surface area contributed by atoms with Crippen LogP contribution in [0.1, 0.15) is 18.8 Å². The smallest absolute Gasteiger partial charge is 0.231 e. The number of carbonyl (C=O) groups is 1. The number of imidazole rings is 1. The highest BCUT2D eigenvalue weighted by Crippen LogP contribution is 2.21. The fourth-order valence-electron chi connectivity index (χ4n) is 3.07. The SMILES string of the molecule is C[C@@H](NC(=O)CSc1n[nH]c(-c2ccccc2)n1)c1nc2ccccc2n1C. The maximum atomic E-state index is 12.4. The molecule has 28 heavy (non-hydrogen) atoms. The number of rotatable bonds is 6. The summed E-state index contributed by atoms with van der Waals surface area (Å²) < 4.78 is 2.01. The molecule has 0 aliphatic carbocycles. The van der Waals surface area contributed by atoms with Gasteiger partial charge in [-0.15, -0.1) is 5.10 Å². The predicted molar refractivity (Wildman–Crippen MR) is 110 cm³/mol. The lowest BCUT2D eigenvalue weighted by atomic mass is 10.2. The Bertz CT molecular complexity index is 1100. The molecule has 4 aromatic rings. The summed E-state index contributed by atoms with van der Waals surface area (Å²) in [6, 6.07) is 17.5. The van der Waals surface area contributed by atoms with Gasteiger partial charge in [-0.05, 0) is 19.1 Å². The Hall–Kier alpha value is -3.13. The van der Waals surface area contributed by atoms with Gasteiger partial charge in [0.05, 0.1) is 22.8 Å². The molecule has 0 aliphatic heterocycles. The number of nitrogens with one attached hydrogen (secondary N) is 2. The number of aromatic nitrogens is 5. The minimum atomic E-state index is -0.197. The van der Waals surface area contributed by atoms with Crippen LogP contribution in [-0.4, -0.2) is 36.4 Å². The van der Waals surface area contributed by atoms with E-state index in [0.717, 1.165) is 22.4 Å². The van der Waals surface area contributed by atoms with Gasteiger partial charge in [0.25, 0.3) is 0 Å². The largest absolute Gasteiger partial charge is 0.346 e. The fourth-order valence-corrected chi connectivity index (χ4v) is 3.67. The van der Waals surface area contributed by atoms with Gasteiger partial charge in [-0.25, -0.2) is 9.97 Å². The van der Waals surface area contributed by atoms with Crippen LogP contribution in [0.25, 0.3) is 22.4 Å². The second-order valence-corrected chi connectivity index (χ2v) is 7.37. The first-order valence-electron chi connectivity index (χ1n) is 8.93. The van der Waals surface area contributed by atoms with Crippen LogP contribution >= 0.6 is 11.8 Å². The van der Waals surface area contributed by atoms with Gasteiger partial charge in [-0.3, -0.25) is 9.89 Å². The van der Waals surface area contributed by atoms with E-state index in [2.05, 4.69) is 25.5 Å². The maximum Gasteiger partial charge on any atom is 0.231 e. The molecule has 142 valence electrons. The van der Waals surface area contributed by atoms with Crippen LogP contribution in [0.2, 0.25) is 0 Å². The molecular formula is C20H20N6OS. The van der Waals surface area contributed by atoms with Crippen molar-refractivity contribution in [2.24, 2.45) is 7.05 Å². The van der Waals surface area contributed by atoms with Gasteiger partial charge in [0.1, 0.15) is 5.82 Å². The number of aromatic amines is 1. The number of fused-ring (bicyclic) bond motifs is 1. The molecule has 2 N–H and O–H groups in total. The molecule has 0 aliphatic rings. The highest BCUT2D eigenvalue weighted by atomic mass is 32.2. The van der Waals surface area contributed by atoms with Crippen molar-refractivity contribution in [2.75, 3.05) is 5.75 Å². The van der Waals surface area contributed by atoms with E-state index >= 15 is 0 Å². The van der Waals surface area contributed by atoms with Crippen LogP contribution < -0.4 is 5.32 Å². The number of carbonyl (C=O) groups excluding carboxylic acids is 1. The Morgan fingerprint density at radius 1 is 1.14 bits per heavy atom. The highest BCUT2D eigenvalue weighted by Gasteiger charge is 2.17. The zero-order chi connectivity index (χ0) is 19.5.